The number of furan rings is 1. The van der Waals surface area contributed by atoms with Gasteiger partial charge in [-0.3, -0.25) is 4.79 Å². The van der Waals surface area contributed by atoms with Gasteiger partial charge >= 0.3 is 5.97 Å². The van der Waals surface area contributed by atoms with Gasteiger partial charge in [-0.05, 0) is 38.1 Å². The van der Waals surface area contributed by atoms with Gasteiger partial charge in [-0.1, -0.05) is 0 Å². The molecule has 1 aromatic carbocycles. The van der Waals surface area contributed by atoms with Gasteiger partial charge in [0.05, 0.1) is 6.61 Å². The average molecular weight is 232 g/mol. The third kappa shape index (κ3) is 2.20. The minimum atomic E-state index is -0.493. The second-order valence-corrected chi connectivity index (χ2v) is 3.64. The molecule has 2 aromatic rings. The van der Waals surface area contributed by atoms with Gasteiger partial charge in [-0.25, -0.2) is 4.79 Å². The Hall–Kier alpha value is -2.10. The maximum Gasteiger partial charge on any atom is 0.374 e. The lowest BCUT2D eigenvalue weighted by atomic mass is 10.1. The van der Waals surface area contributed by atoms with Gasteiger partial charge in [0.1, 0.15) is 5.58 Å². The number of carbonyl (C=O) groups excluding carboxylic acids is 2. The molecule has 4 nitrogen and oxygen atoms in total. The maximum atomic E-state index is 11.5. The van der Waals surface area contributed by atoms with Crippen LogP contribution in [0.4, 0.5) is 0 Å². The van der Waals surface area contributed by atoms with Crippen LogP contribution in [0.3, 0.4) is 0 Å². The first-order chi connectivity index (χ1) is 8.11. The first kappa shape index (κ1) is 11.4. The second kappa shape index (κ2) is 4.41. The lowest BCUT2D eigenvalue weighted by molar-refractivity contribution is 0.0492. The number of hydrogen-bond donors (Lipinski definition) is 0. The van der Waals surface area contributed by atoms with E-state index in [1.165, 1.54) is 6.92 Å². The van der Waals surface area contributed by atoms with Crippen LogP contribution in [0, 0.1) is 0 Å². The van der Waals surface area contributed by atoms with Crippen LogP contribution in [-0.2, 0) is 4.74 Å². The smallest absolute Gasteiger partial charge is 0.374 e. The molecular formula is C13H12O4. The fourth-order valence-corrected chi connectivity index (χ4v) is 1.57. The van der Waals surface area contributed by atoms with Crippen molar-refractivity contribution in [1.29, 1.82) is 0 Å². The third-order valence-corrected chi connectivity index (χ3v) is 2.40. The van der Waals surface area contributed by atoms with Crippen LogP contribution in [0.5, 0.6) is 0 Å². The van der Waals surface area contributed by atoms with E-state index in [2.05, 4.69) is 0 Å². The molecule has 0 N–H and O–H groups in total. The predicted octanol–water partition coefficient (Wildman–Crippen LogP) is 2.81. The Kier molecular flexibility index (Phi) is 2.95. The summed E-state index contributed by atoms with van der Waals surface area (Å²) >= 11 is 0. The molecule has 0 amide bonds. The molecule has 0 aliphatic heterocycles. The van der Waals surface area contributed by atoms with Crippen LogP contribution in [0.2, 0.25) is 0 Å². The fourth-order valence-electron chi connectivity index (χ4n) is 1.57. The molecule has 0 spiro atoms. The van der Waals surface area contributed by atoms with E-state index in [1.807, 2.05) is 0 Å². The number of fused-ring (bicyclic) bond motifs is 1. The molecule has 17 heavy (non-hydrogen) atoms. The maximum absolute atomic E-state index is 11.5. The Labute approximate surface area is 98.2 Å². The molecule has 0 unspecified atom stereocenters. The van der Waals surface area contributed by atoms with Gasteiger partial charge < -0.3 is 9.15 Å². The molecule has 0 aliphatic rings. The molecule has 88 valence electrons. The molecule has 0 saturated carbocycles. The molecule has 1 heterocycles. The van der Waals surface area contributed by atoms with Crippen LogP contribution in [-0.4, -0.2) is 18.4 Å². The Morgan fingerprint density at radius 2 is 2.06 bits per heavy atom. The van der Waals surface area contributed by atoms with Crippen LogP contribution in [0.25, 0.3) is 11.0 Å². The highest BCUT2D eigenvalue weighted by Gasteiger charge is 2.13. The van der Waals surface area contributed by atoms with E-state index in [0.717, 1.165) is 5.39 Å². The highest BCUT2D eigenvalue weighted by molar-refractivity contribution is 5.99. The summed E-state index contributed by atoms with van der Waals surface area (Å²) in [6, 6.07) is 6.63. The highest BCUT2D eigenvalue weighted by atomic mass is 16.5. The topological polar surface area (TPSA) is 56.5 Å². The molecule has 2 rings (SSSR count). The van der Waals surface area contributed by atoms with Crippen molar-refractivity contribution in [2.45, 2.75) is 13.8 Å². The van der Waals surface area contributed by atoms with Crippen molar-refractivity contribution >= 4 is 22.7 Å². The molecule has 0 atom stereocenters. The van der Waals surface area contributed by atoms with Gasteiger partial charge in [-0.2, -0.15) is 0 Å². The summed E-state index contributed by atoms with van der Waals surface area (Å²) < 4.78 is 10.2. The standard InChI is InChI=1S/C13H12O4/c1-3-16-13(15)12-7-10-6-9(8(2)14)4-5-11(10)17-12/h4-7H,3H2,1-2H3. The Bertz CT molecular complexity index is 580. The Balaban J connectivity index is 2.43. The third-order valence-electron chi connectivity index (χ3n) is 2.40. The molecule has 0 saturated heterocycles. The Morgan fingerprint density at radius 3 is 2.71 bits per heavy atom. The lowest BCUT2D eigenvalue weighted by Crippen LogP contribution is -2.02. The lowest BCUT2D eigenvalue weighted by Gasteiger charge is -1.95. The first-order valence-electron chi connectivity index (χ1n) is 5.33. The summed E-state index contributed by atoms with van der Waals surface area (Å²) in [5, 5.41) is 0.723. The van der Waals surface area contributed by atoms with Crippen molar-refractivity contribution in [2.75, 3.05) is 6.61 Å². The molecule has 0 fully saturated rings. The van der Waals surface area contributed by atoms with E-state index in [1.54, 1.807) is 31.2 Å². The highest BCUT2D eigenvalue weighted by Crippen LogP contribution is 2.21. The van der Waals surface area contributed by atoms with Crippen LogP contribution in [0.15, 0.2) is 28.7 Å². The van der Waals surface area contributed by atoms with Gasteiger partial charge in [0.15, 0.2) is 5.78 Å². The number of Topliss-reactive ketones (excluding diaryl/α,β-unsaturated/α-hetero) is 1. The van der Waals surface area contributed by atoms with E-state index >= 15 is 0 Å². The number of esters is 1. The normalized spacial score (nSPS) is 10.5. The number of benzene rings is 1. The molecular weight excluding hydrogens is 220 g/mol. The summed E-state index contributed by atoms with van der Waals surface area (Å²) in [4.78, 5) is 22.7. The first-order valence-corrected chi connectivity index (χ1v) is 5.33. The van der Waals surface area contributed by atoms with Gasteiger partial charge in [-0.15, -0.1) is 0 Å². The van der Waals surface area contributed by atoms with Crippen molar-refractivity contribution in [3.63, 3.8) is 0 Å². The van der Waals surface area contributed by atoms with E-state index < -0.39 is 5.97 Å². The summed E-state index contributed by atoms with van der Waals surface area (Å²) in [6.45, 7) is 3.52. The van der Waals surface area contributed by atoms with E-state index in [9.17, 15) is 9.59 Å². The minimum absolute atomic E-state index is 0.0224. The number of carbonyl (C=O) groups is 2. The zero-order valence-corrected chi connectivity index (χ0v) is 9.65. The summed E-state index contributed by atoms with van der Waals surface area (Å²) in [5.74, 6) is -0.360. The molecule has 0 bridgehead atoms. The predicted molar refractivity (Wildman–Crippen MR) is 62.2 cm³/mol. The van der Waals surface area contributed by atoms with E-state index in [-0.39, 0.29) is 11.5 Å². The fraction of sp³-hybridized carbons (Fsp3) is 0.231. The Morgan fingerprint density at radius 1 is 1.29 bits per heavy atom. The number of ether oxygens (including phenoxy) is 1. The zero-order valence-electron chi connectivity index (χ0n) is 9.65. The minimum Gasteiger partial charge on any atom is -0.460 e. The molecule has 1 aromatic heterocycles. The van der Waals surface area contributed by atoms with Crippen LogP contribution < -0.4 is 0 Å². The summed E-state index contributed by atoms with van der Waals surface area (Å²) in [5.41, 5.74) is 1.16. The van der Waals surface area contributed by atoms with Gasteiger partial charge in [0, 0.05) is 10.9 Å². The van der Waals surface area contributed by atoms with E-state index in [0.29, 0.717) is 17.8 Å². The SMILES string of the molecule is CCOC(=O)c1cc2cc(C(C)=O)ccc2o1. The number of ketones is 1. The summed E-state index contributed by atoms with van der Waals surface area (Å²) in [6.07, 6.45) is 0. The number of hydrogen-bond acceptors (Lipinski definition) is 4. The second-order valence-electron chi connectivity index (χ2n) is 3.64. The molecule has 4 heteroatoms. The number of rotatable bonds is 3. The van der Waals surface area contributed by atoms with Gasteiger partial charge in [0.25, 0.3) is 0 Å². The van der Waals surface area contributed by atoms with Crippen molar-refractivity contribution < 1.29 is 18.7 Å². The summed E-state index contributed by atoms with van der Waals surface area (Å²) in [7, 11) is 0. The largest absolute Gasteiger partial charge is 0.460 e. The van der Waals surface area contributed by atoms with Crippen molar-refractivity contribution in [2.24, 2.45) is 0 Å². The van der Waals surface area contributed by atoms with Crippen LogP contribution >= 0.6 is 0 Å². The molecule has 0 aliphatic carbocycles. The van der Waals surface area contributed by atoms with Crippen LogP contribution in [0.1, 0.15) is 34.8 Å². The van der Waals surface area contributed by atoms with Crippen molar-refractivity contribution in [1.82, 2.24) is 0 Å². The zero-order chi connectivity index (χ0) is 12.4. The van der Waals surface area contributed by atoms with Crippen molar-refractivity contribution in [3.05, 3.63) is 35.6 Å². The average Bonchev–Trinajstić information content (AvgIpc) is 2.71. The van der Waals surface area contributed by atoms with Gasteiger partial charge in [0.2, 0.25) is 5.76 Å². The van der Waals surface area contributed by atoms with E-state index in [4.69, 9.17) is 9.15 Å². The molecule has 0 radical (unpaired) electrons. The quantitative estimate of drug-likeness (QED) is 0.603. The monoisotopic (exact) mass is 232 g/mol. The van der Waals surface area contributed by atoms with Crippen molar-refractivity contribution in [3.8, 4) is 0 Å².